The van der Waals surface area contributed by atoms with Crippen LogP contribution >= 0.6 is 0 Å². The zero-order valence-electron chi connectivity index (χ0n) is 17.2. The van der Waals surface area contributed by atoms with E-state index in [-0.39, 0.29) is 17.8 Å². The molecule has 2 rings (SSSR count). The predicted molar refractivity (Wildman–Crippen MR) is 107 cm³/mol. The lowest BCUT2D eigenvalue weighted by Crippen LogP contribution is -2.48. The number of hydrogen-bond acceptors (Lipinski definition) is 3. The number of benzene rings is 1. The molecule has 26 heavy (non-hydrogen) atoms. The number of rotatable bonds is 9. The molecule has 146 valence electrons. The Morgan fingerprint density at radius 3 is 1.92 bits per heavy atom. The monoisotopic (exact) mass is 378 g/mol. The highest BCUT2D eigenvalue weighted by molar-refractivity contribution is 6.77. The summed E-state index contributed by atoms with van der Waals surface area (Å²) in [5, 5.41) is 9.64. The first-order valence-corrected chi connectivity index (χ1v) is 11.8. The molecule has 1 fully saturated rings. The summed E-state index contributed by atoms with van der Waals surface area (Å²) in [6.45, 7) is 14.1. The van der Waals surface area contributed by atoms with Crippen LogP contribution in [-0.2, 0) is 9.22 Å². The molecule has 1 aromatic carbocycles. The summed E-state index contributed by atoms with van der Waals surface area (Å²) < 4.78 is 11.9. The van der Waals surface area contributed by atoms with Crippen molar-refractivity contribution >= 4 is 14.3 Å². The number of hydrogen-bond donors (Lipinski definition) is 1. The number of carboxylic acids is 1. The van der Waals surface area contributed by atoms with Gasteiger partial charge >= 0.3 is 5.97 Å². The second kappa shape index (κ2) is 8.13. The van der Waals surface area contributed by atoms with Gasteiger partial charge in [-0.05, 0) is 34.3 Å². The highest BCUT2D eigenvalue weighted by atomic mass is 28.4. The van der Waals surface area contributed by atoms with E-state index < -0.39 is 14.3 Å². The smallest absolute Gasteiger partial charge is 0.307 e. The van der Waals surface area contributed by atoms with Crippen molar-refractivity contribution in [2.24, 2.45) is 11.8 Å². The first-order chi connectivity index (χ1) is 12.2. The zero-order valence-corrected chi connectivity index (χ0v) is 18.2. The minimum atomic E-state index is -1.97. The Bertz CT molecular complexity index is 587. The highest BCUT2D eigenvalue weighted by Gasteiger charge is 2.57. The van der Waals surface area contributed by atoms with Crippen molar-refractivity contribution in [3.8, 4) is 5.75 Å². The van der Waals surface area contributed by atoms with Gasteiger partial charge in [0.25, 0.3) is 0 Å². The molecule has 1 aliphatic carbocycles. The third-order valence-corrected chi connectivity index (χ3v) is 12.3. The topological polar surface area (TPSA) is 55.8 Å². The summed E-state index contributed by atoms with van der Waals surface area (Å²) in [5.74, 6) is -0.174. The predicted octanol–water partition coefficient (Wildman–Crippen LogP) is 5.30. The maximum Gasteiger partial charge on any atom is 0.307 e. The molecule has 0 aliphatic heterocycles. The molecule has 4 nitrogen and oxygen atoms in total. The van der Waals surface area contributed by atoms with E-state index in [0.717, 1.165) is 11.3 Å². The molecule has 1 aliphatic rings. The van der Waals surface area contributed by atoms with E-state index in [1.54, 1.807) is 7.11 Å². The minimum Gasteiger partial charge on any atom is -0.497 e. The molecule has 1 saturated carbocycles. The lowest BCUT2D eigenvalue weighted by molar-refractivity contribution is -0.139. The van der Waals surface area contributed by atoms with E-state index in [9.17, 15) is 9.90 Å². The molecule has 0 aromatic heterocycles. The largest absolute Gasteiger partial charge is 0.497 e. The Morgan fingerprint density at radius 2 is 1.54 bits per heavy atom. The maximum atomic E-state index is 11.7. The molecule has 1 N–H and O–H groups in total. The standard InChI is InChI=1S/C21H34O4Si/c1-13(2)26(14(3)4,15(5)6)25-12-18-19(20(18)21(22)23)16-8-10-17(24-7)11-9-16/h8-11,13-15,18-20H,12H2,1-7H3,(H,22,23)/t18-,19+,20+/m0/s1. The minimum absolute atomic E-state index is 0.0385. The van der Waals surface area contributed by atoms with Gasteiger partial charge in [-0.2, -0.15) is 0 Å². The zero-order chi connectivity index (χ0) is 19.6. The molecular weight excluding hydrogens is 344 g/mol. The van der Waals surface area contributed by atoms with Crippen LogP contribution in [0.4, 0.5) is 0 Å². The first-order valence-electron chi connectivity index (χ1n) is 9.67. The molecule has 0 heterocycles. The fraction of sp³-hybridized carbons (Fsp3) is 0.667. The van der Waals surface area contributed by atoms with Crippen LogP contribution in [0.15, 0.2) is 24.3 Å². The average Bonchev–Trinajstić information content (AvgIpc) is 3.29. The van der Waals surface area contributed by atoms with E-state index in [1.807, 2.05) is 24.3 Å². The van der Waals surface area contributed by atoms with Crippen molar-refractivity contribution in [3.63, 3.8) is 0 Å². The highest BCUT2D eigenvalue weighted by Crippen LogP contribution is 2.55. The van der Waals surface area contributed by atoms with Crippen LogP contribution in [0.25, 0.3) is 0 Å². The summed E-state index contributed by atoms with van der Waals surface area (Å²) in [6.07, 6.45) is 0. The lowest BCUT2D eigenvalue weighted by atomic mass is 10.1. The summed E-state index contributed by atoms with van der Waals surface area (Å²) in [5.41, 5.74) is 2.58. The van der Waals surface area contributed by atoms with Crippen molar-refractivity contribution in [3.05, 3.63) is 29.8 Å². The molecule has 0 spiro atoms. The van der Waals surface area contributed by atoms with Crippen molar-refractivity contribution in [1.82, 2.24) is 0 Å². The van der Waals surface area contributed by atoms with Crippen LogP contribution in [0.1, 0.15) is 53.0 Å². The number of carboxylic acid groups (broad SMARTS) is 1. The number of aliphatic carboxylic acids is 1. The molecular formula is C21H34O4Si. The quantitative estimate of drug-likeness (QED) is 0.592. The maximum absolute atomic E-state index is 11.7. The molecule has 0 unspecified atom stereocenters. The van der Waals surface area contributed by atoms with E-state index in [1.165, 1.54) is 0 Å². The van der Waals surface area contributed by atoms with Gasteiger partial charge in [-0.3, -0.25) is 4.79 Å². The molecule has 0 bridgehead atoms. The SMILES string of the molecule is COc1ccc([C@@H]2[C@H](CO[Si](C(C)C)(C(C)C)C(C)C)[C@H]2C(=O)O)cc1. The van der Waals surface area contributed by atoms with Crippen molar-refractivity contribution in [2.45, 2.75) is 64.1 Å². The summed E-state index contributed by atoms with van der Waals surface area (Å²) in [6, 6.07) is 7.77. The van der Waals surface area contributed by atoms with Crippen LogP contribution in [0.3, 0.4) is 0 Å². The third kappa shape index (κ3) is 3.84. The third-order valence-electron chi connectivity index (χ3n) is 6.19. The molecule has 0 saturated heterocycles. The van der Waals surface area contributed by atoms with Gasteiger partial charge in [-0.25, -0.2) is 0 Å². The molecule has 0 radical (unpaired) electrons. The second-order valence-corrected chi connectivity index (χ2v) is 13.9. The molecule has 0 amide bonds. The Balaban J connectivity index is 2.17. The number of methoxy groups -OCH3 is 1. The van der Waals surface area contributed by atoms with Gasteiger partial charge in [0.15, 0.2) is 8.32 Å². The van der Waals surface area contributed by atoms with Crippen LogP contribution in [-0.4, -0.2) is 33.1 Å². The first kappa shape index (κ1) is 21.0. The van der Waals surface area contributed by atoms with Crippen LogP contribution in [0.5, 0.6) is 5.75 Å². The Hall–Kier alpha value is -1.33. The van der Waals surface area contributed by atoms with E-state index in [0.29, 0.717) is 23.2 Å². The van der Waals surface area contributed by atoms with Gasteiger partial charge in [0.05, 0.1) is 13.0 Å². The van der Waals surface area contributed by atoms with Crippen LogP contribution in [0.2, 0.25) is 16.6 Å². The van der Waals surface area contributed by atoms with Gasteiger partial charge < -0.3 is 14.3 Å². The second-order valence-electron chi connectivity index (χ2n) is 8.46. The fourth-order valence-corrected chi connectivity index (χ4v) is 10.4. The van der Waals surface area contributed by atoms with Crippen LogP contribution < -0.4 is 4.74 Å². The Morgan fingerprint density at radius 1 is 1.04 bits per heavy atom. The summed E-state index contributed by atoms with van der Waals surface area (Å²) in [7, 11) is -0.337. The van der Waals surface area contributed by atoms with E-state index in [2.05, 4.69) is 41.5 Å². The van der Waals surface area contributed by atoms with Crippen molar-refractivity contribution in [1.29, 1.82) is 0 Å². The summed E-state index contributed by atoms with van der Waals surface area (Å²) >= 11 is 0. The van der Waals surface area contributed by atoms with Gasteiger partial charge in [-0.1, -0.05) is 53.7 Å². The van der Waals surface area contributed by atoms with Gasteiger partial charge in [0.1, 0.15) is 5.75 Å². The number of carbonyl (C=O) groups is 1. The molecule has 3 atom stereocenters. The van der Waals surface area contributed by atoms with E-state index in [4.69, 9.17) is 9.16 Å². The molecule has 5 heteroatoms. The van der Waals surface area contributed by atoms with Crippen molar-refractivity contribution < 1.29 is 19.1 Å². The van der Waals surface area contributed by atoms with E-state index >= 15 is 0 Å². The van der Waals surface area contributed by atoms with Crippen LogP contribution in [0, 0.1) is 11.8 Å². The average molecular weight is 379 g/mol. The lowest BCUT2D eigenvalue weighted by Gasteiger charge is -2.42. The summed E-state index contributed by atoms with van der Waals surface area (Å²) in [4.78, 5) is 11.7. The Kier molecular flexibility index (Phi) is 6.56. The number of ether oxygens (including phenoxy) is 1. The van der Waals surface area contributed by atoms with Gasteiger partial charge in [-0.15, -0.1) is 0 Å². The van der Waals surface area contributed by atoms with Gasteiger partial charge in [0.2, 0.25) is 0 Å². The molecule has 1 aromatic rings. The van der Waals surface area contributed by atoms with Crippen molar-refractivity contribution in [2.75, 3.05) is 13.7 Å². The normalized spacial score (nSPS) is 22.9. The Labute approximate surface area is 159 Å². The van der Waals surface area contributed by atoms with Gasteiger partial charge in [0, 0.05) is 18.4 Å². The fourth-order valence-electron chi connectivity index (χ4n) is 4.94.